The van der Waals surface area contributed by atoms with E-state index in [-0.39, 0.29) is 25.5 Å². The molecule has 4 aromatic heterocycles. The second-order valence-corrected chi connectivity index (χ2v) is 28.1. The van der Waals surface area contributed by atoms with Crippen molar-refractivity contribution >= 4 is 50.8 Å². The molecule has 0 fully saturated rings. The van der Waals surface area contributed by atoms with E-state index in [1.807, 2.05) is 60.7 Å². The fraction of sp³-hybridized carbons (Fsp3) is 0.212. The average Bonchev–Trinajstić information content (AvgIpc) is 3.79. The number of nitrogens with zero attached hydrogens (tertiary/aromatic N) is 4. The zero-order chi connectivity index (χ0) is 40.6. The maximum atomic E-state index is 6.16. The van der Waals surface area contributed by atoms with Gasteiger partial charge in [-0.3, -0.25) is 4.98 Å². The van der Waals surface area contributed by atoms with Gasteiger partial charge < -0.3 is 14.0 Å². The van der Waals surface area contributed by atoms with Crippen LogP contribution in [0.4, 0.5) is 0 Å². The van der Waals surface area contributed by atoms with Crippen LogP contribution in [0.2, 0.25) is 17.3 Å². The van der Waals surface area contributed by atoms with Gasteiger partial charge in [-0.25, -0.2) is 0 Å². The van der Waals surface area contributed by atoms with Gasteiger partial charge in [-0.1, -0.05) is 99.1 Å². The molecule has 0 aliphatic carbocycles. The maximum Gasteiger partial charge on any atom is 0 e. The van der Waals surface area contributed by atoms with E-state index in [4.69, 9.17) is 19.4 Å². The SMILES string of the molecule is CC(C)(C)c1ccc(-n2c(-c3[c-]nc4c(c3)oc3ccccc34)nc3ccccc32)c(-c2ccccc2)c1.CC(C)Cc1cc(-c2[c-]cccc2)nc[c]1[Ge]([CH3])([CH3])[CH3].[Ir]. The van der Waals surface area contributed by atoms with Crippen LogP contribution in [0.5, 0.6) is 0 Å². The van der Waals surface area contributed by atoms with Gasteiger partial charge in [0.15, 0.2) is 0 Å². The standard InChI is InChI=1S/C34H26N3O.C18H24GeN.Ir/c1-34(2,3)24-17-18-28(26(20-24)22-11-5-4-6-12-22)37-29-15-9-8-14-27(29)36-33(37)23-19-31-32(35-21-23)25-13-7-10-16-30(25)38-31;1-14(2)11-16-12-18(15-9-7-6-8-10-15)20-13-17(16)19(3,4)5;/h4-20H,1-3H3;6-9,12-14H,11H2,1-5H3;/q2*-1;. The quantitative estimate of drug-likeness (QED) is 0.118. The number of furan rings is 1. The van der Waals surface area contributed by atoms with Crippen molar-refractivity contribution in [3.63, 3.8) is 0 Å². The van der Waals surface area contributed by atoms with Crippen LogP contribution in [0.3, 0.4) is 0 Å². The molecular formula is C52H50GeIrN4O-2. The zero-order valence-corrected chi connectivity index (χ0v) is 39.6. The first-order valence-electron chi connectivity index (χ1n) is 20.2. The molecule has 0 N–H and O–H groups in total. The third-order valence-corrected chi connectivity index (χ3v) is 14.9. The molecule has 0 unspecified atom stereocenters. The molecule has 0 aliphatic heterocycles. The maximum absolute atomic E-state index is 6.16. The summed E-state index contributed by atoms with van der Waals surface area (Å²) >= 11 is -1.86. The second-order valence-electron chi connectivity index (χ2n) is 17.6. The molecule has 7 heteroatoms. The van der Waals surface area contributed by atoms with Gasteiger partial charge in [0.2, 0.25) is 0 Å². The summed E-state index contributed by atoms with van der Waals surface area (Å²) in [6, 6.07) is 49.2. The van der Waals surface area contributed by atoms with Crippen molar-refractivity contribution in [2.75, 3.05) is 0 Å². The molecule has 9 aromatic rings. The fourth-order valence-corrected chi connectivity index (χ4v) is 11.0. The Morgan fingerprint density at radius 2 is 1.49 bits per heavy atom. The Kier molecular flexibility index (Phi) is 12.3. The molecule has 0 atom stereocenters. The van der Waals surface area contributed by atoms with E-state index in [0.717, 1.165) is 79.0 Å². The Morgan fingerprint density at radius 3 is 2.22 bits per heavy atom. The number of pyridine rings is 2. The number of fused-ring (bicyclic) bond motifs is 4. The van der Waals surface area contributed by atoms with Crippen molar-refractivity contribution in [2.45, 2.75) is 63.7 Å². The van der Waals surface area contributed by atoms with E-state index in [1.54, 1.807) is 4.40 Å². The molecule has 0 aliphatic rings. The molecule has 9 rings (SSSR count). The van der Waals surface area contributed by atoms with Crippen LogP contribution in [-0.2, 0) is 31.9 Å². The number of benzene rings is 5. The Morgan fingerprint density at radius 1 is 0.763 bits per heavy atom. The normalized spacial score (nSPS) is 11.8. The molecule has 0 saturated heterocycles. The van der Waals surface area contributed by atoms with E-state index in [1.165, 1.54) is 11.1 Å². The monoisotopic (exact) mass is 1010 g/mol. The molecule has 4 heterocycles. The van der Waals surface area contributed by atoms with Crippen molar-refractivity contribution in [1.82, 2.24) is 19.5 Å². The van der Waals surface area contributed by atoms with Crippen LogP contribution < -0.4 is 4.40 Å². The average molecular weight is 1010 g/mol. The predicted octanol–water partition coefficient (Wildman–Crippen LogP) is 13.0. The summed E-state index contributed by atoms with van der Waals surface area (Å²) in [5, 5.41) is 0.989. The number of para-hydroxylation sites is 3. The predicted molar refractivity (Wildman–Crippen MR) is 245 cm³/mol. The van der Waals surface area contributed by atoms with Gasteiger partial charge in [0, 0.05) is 42.3 Å². The van der Waals surface area contributed by atoms with E-state index >= 15 is 0 Å². The van der Waals surface area contributed by atoms with Crippen LogP contribution in [0.1, 0.15) is 45.7 Å². The van der Waals surface area contributed by atoms with Crippen LogP contribution in [-0.4, -0.2) is 32.8 Å². The van der Waals surface area contributed by atoms with Gasteiger partial charge in [0.1, 0.15) is 5.58 Å². The molecule has 5 nitrogen and oxygen atoms in total. The molecule has 5 aromatic carbocycles. The third-order valence-electron chi connectivity index (χ3n) is 10.6. The first-order valence-corrected chi connectivity index (χ1v) is 27.5. The first kappa shape index (κ1) is 42.0. The minimum Gasteiger partial charge on any atom is 0 e. The van der Waals surface area contributed by atoms with Gasteiger partial charge in [0.05, 0.1) is 22.4 Å². The topological polar surface area (TPSA) is 56.7 Å². The van der Waals surface area contributed by atoms with E-state index < -0.39 is 13.3 Å². The summed E-state index contributed by atoms with van der Waals surface area (Å²) < 4.78 is 9.93. The molecule has 0 spiro atoms. The Balaban J connectivity index is 0.000000214. The summed E-state index contributed by atoms with van der Waals surface area (Å²) in [4.78, 5) is 14.5. The van der Waals surface area contributed by atoms with Crippen molar-refractivity contribution in [3.8, 4) is 39.5 Å². The molecule has 1 radical (unpaired) electrons. The largest absolute Gasteiger partial charge is 0 e. The zero-order valence-electron chi connectivity index (χ0n) is 35.1. The number of hydrogen-bond acceptors (Lipinski definition) is 4. The van der Waals surface area contributed by atoms with E-state index in [9.17, 15) is 0 Å². The number of rotatable bonds is 7. The van der Waals surface area contributed by atoms with Crippen LogP contribution in [0.15, 0.2) is 144 Å². The summed E-state index contributed by atoms with van der Waals surface area (Å²) in [5.41, 5.74) is 13.4. The van der Waals surface area contributed by atoms with Crippen LogP contribution >= 0.6 is 0 Å². The van der Waals surface area contributed by atoms with E-state index in [0.29, 0.717) is 5.92 Å². The minimum atomic E-state index is -1.86. The fourth-order valence-electron chi connectivity index (χ4n) is 7.64. The summed E-state index contributed by atoms with van der Waals surface area (Å²) in [7, 11) is 0. The van der Waals surface area contributed by atoms with Crippen molar-refractivity contribution in [1.29, 1.82) is 0 Å². The molecular weight excluding hydrogens is 961 g/mol. The van der Waals surface area contributed by atoms with Gasteiger partial charge in [0.25, 0.3) is 0 Å². The summed E-state index contributed by atoms with van der Waals surface area (Å²) in [6.07, 6.45) is 6.55. The van der Waals surface area contributed by atoms with Crippen molar-refractivity contribution in [3.05, 3.63) is 163 Å². The van der Waals surface area contributed by atoms with Crippen LogP contribution in [0.25, 0.3) is 72.6 Å². The smallest absolute Gasteiger partial charge is 0 e. The van der Waals surface area contributed by atoms with Crippen molar-refractivity contribution < 1.29 is 24.5 Å². The summed E-state index contributed by atoms with van der Waals surface area (Å²) in [5.74, 6) is 8.77. The number of imidazole rings is 1. The van der Waals surface area contributed by atoms with Crippen LogP contribution in [0, 0.1) is 18.2 Å². The molecule has 0 bridgehead atoms. The molecule has 0 amide bonds. The first-order chi connectivity index (χ1) is 27.8. The van der Waals surface area contributed by atoms with Crippen molar-refractivity contribution in [2.24, 2.45) is 5.92 Å². The van der Waals surface area contributed by atoms with Gasteiger partial charge in [-0.05, 0) is 53.1 Å². The Hall–Kier alpha value is -5.14. The third kappa shape index (κ3) is 8.91. The van der Waals surface area contributed by atoms with E-state index in [2.05, 4.69) is 148 Å². The molecule has 59 heavy (non-hydrogen) atoms. The Labute approximate surface area is 364 Å². The van der Waals surface area contributed by atoms with Gasteiger partial charge in [-0.2, -0.15) is 0 Å². The summed E-state index contributed by atoms with van der Waals surface area (Å²) in [6.45, 7) is 11.3. The molecule has 299 valence electrons. The second kappa shape index (κ2) is 17.2. The minimum absolute atomic E-state index is 0. The molecule has 0 saturated carbocycles. The van der Waals surface area contributed by atoms with Gasteiger partial charge >= 0.3 is 126 Å². The Bertz CT molecular complexity index is 2870. The van der Waals surface area contributed by atoms with Gasteiger partial charge in [-0.15, -0.1) is 0 Å². The number of aromatic nitrogens is 4. The number of hydrogen-bond donors (Lipinski definition) is 0.